The summed E-state index contributed by atoms with van der Waals surface area (Å²) in [5.41, 5.74) is 5.64. The van der Waals surface area contributed by atoms with Crippen LogP contribution in [0, 0.1) is 0 Å². The summed E-state index contributed by atoms with van der Waals surface area (Å²) in [5.74, 6) is 0.878. The van der Waals surface area contributed by atoms with Gasteiger partial charge in [0.2, 0.25) is 0 Å². The standard InChI is InChI=1S/C29H36N6O2/c1-5-13-35-19-21(27(36)32-28(35)37)18-33-14-16-34(17-15-33)24-8-6-7-23-25(24)31-26(30-23)20-9-11-22(12-10-20)29(2,3)4/h6-12,19H,5,13-18H2,1-4H3,(H,30,31)(H,32,36,37). The molecule has 1 aliphatic rings. The number of rotatable bonds is 6. The third-order valence-electron chi connectivity index (χ3n) is 7.17. The van der Waals surface area contributed by atoms with Gasteiger partial charge < -0.3 is 14.5 Å². The van der Waals surface area contributed by atoms with Crippen molar-refractivity contribution in [2.75, 3.05) is 31.1 Å². The second-order valence-corrected chi connectivity index (χ2v) is 11.0. The smallest absolute Gasteiger partial charge is 0.328 e. The fourth-order valence-electron chi connectivity index (χ4n) is 5.00. The van der Waals surface area contributed by atoms with Crippen molar-refractivity contribution in [3.05, 3.63) is 80.6 Å². The summed E-state index contributed by atoms with van der Waals surface area (Å²) >= 11 is 0. The Labute approximate surface area is 217 Å². The molecule has 0 saturated carbocycles. The molecule has 37 heavy (non-hydrogen) atoms. The van der Waals surface area contributed by atoms with Gasteiger partial charge in [0, 0.05) is 56.6 Å². The number of aromatic amines is 2. The number of para-hydroxylation sites is 1. The van der Waals surface area contributed by atoms with Crippen molar-refractivity contribution in [3.8, 4) is 11.4 Å². The first-order valence-electron chi connectivity index (χ1n) is 13.1. The van der Waals surface area contributed by atoms with Crippen LogP contribution in [-0.2, 0) is 18.5 Å². The van der Waals surface area contributed by atoms with Crippen LogP contribution in [0.5, 0.6) is 0 Å². The quantitative estimate of drug-likeness (QED) is 0.416. The molecule has 0 amide bonds. The first-order chi connectivity index (χ1) is 17.7. The number of hydrogen-bond donors (Lipinski definition) is 2. The Bertz CT molecular complexity index is 1500. The van der Waals surface area contributed by atoms with Crippen molar-refractivity contribution < 1.29 is 0 Å². The number of H-pyrrole nitrogens is 2. The number of aryl methyl sites for hydroxylation is 1. The molecule has 8 heteroatoms. The lowest BCUT2D eigenvalue weighted by atomic mass is 9.87. The van der Waals surface area contributed by atoms with Crippen LogP contribution in [0.2, 0.25) is 0 Å². The lowest BCUT2D eigenvalue weighted by Crippen LogP contribution is -2.47. The van der Waals surface area contributed by atoms with Gasteiger partial charge >= 0.3 is 5.69 Å². The largest absolute Gasteiger partial charge is 0.367 e. The van der Waals surface area contributed by atoms with Crippen molar-refractivity contribution in [2.24, 2.45) is 0 Å². The van der Waals surface area contributed by atoms with Crippen LogP contribution in [0.15, 0.2) is 58.3 Å². The van der Waals surface area contributed by atoms with E-state index in [9.17, 15) is 9.59 Å². The van der Waals surface area contributed by atoms with Crippen molar-refractivity contribution in [3.63, 3.8) is 0 Å². The number of nitrogens with one attached hydrogen (secondary N) is 2. The Kier molecular flexibility index (Phi) is 6.77. The molecular weight excluding hydrogens is 464 g/mol. The molecule has 0 bridgehead atoms. The number of imidazole rings is 1. The van der Waals surface area contributed by atoms with Crippen molar-refractivity contribution >= 4 is 16.7 Å². The van der Waals surface area contributed by atoms with Gasteiger partial charge in [0.25, 0.3) is 5.56 Å². The summed E-state index contributed by atoms with van der Waals surface area (Å²) in [7, 11) is 0. The third-order valence-corrected chi connectivity index (χ3v) is 7.17. The van der Waals surface area contributed by atoms with E-state index in [1.54, 1.807) is 10.8 Å². The molecule has 194 valence electrons. The van der Waals surface area contributed by atoms with E-state index < -0.39 is 0 Å². The van der Waals surface area contributed by atoms with E-state index in [1.807, 2.05) is 6.92 Å². The minimum absolute atomic E-state index is 0.116. The predicted molar refractivity (Wildman–Crippen MR) is 149 cm³/mol. The van der Waals surface area contributed by atoms with E-state index in [0.29, 0.717) is 18.7 Å². The first kappa shape index (κ1) is 25.0. The highest BCUT2D eigenvalue weighted by atomic mass is 16.2. The van der Waals surface area contributed by atoms with Gasteiger partial charge in [-0.2, -0.15) is 0 Å². The average Bonchev–Trinajstić information content (AvgIpc) is 3.32. The van der Waals surface area contributed by atoms with Gasteiger partial charge in [0.15, 0.2) is 0 Å². The van der Waals surface area contributed by atoms with Gasteiger partial charge in [0.1, 0.15) is 11.3 Å². The van der Waals surface area contributed by atoms with Crippen molar-refractivity contribution in [1.29, 1.82) is 0 Å². The maximum Gasteiger partial charge on any atom is 0.328 e. The minimum Gasteiger partial charge on any atom is -0.367 e. The van der Waals surface area contributed by atoms with E-state index in [0.717, 1.165) is 60.7 Å². The molecule has 1 aliphatic heterocycles. The van der Waals surface area contributed by atoms with Gasteiger partial charge in [-0.05, 0) is 29.5 Å². The van der Waals surface area contributed by atoms with E-state index in [-0.39, 0.29) is 16.7 Å². The van der Waals surface area contributed by atoms with Crippen molar-refractivity contribution in [2.45, 2.75) is 52.6 Å². The Balaban J connectivity index is 1.31. The van der Waals surface area contributed by atoms with Gasteiger partial charge in [-0.15, -0.1) is 0 Å². The van der Waals surface area contributed by atoms with Crippen LogP contribution in [0.25, 0.3) is 22.4 Å². The summed E-state index contributed by atoms with van der Waals surface area (Å²) < 4.78 is 1.60. The molecule has 1 fully saturated rings. The summed E-state index contributed by atoms with van der Waals surface area (Å²) in [4.78, 5) is 40.0. The SMILES string of the molecule is CCCn1cc(CN2CCN(c3cccc4[nH]c(-c5ccc(C(C)(C)C)cc5)nc34)CC2)c(=O)[nH]c1=O. The molecule has 0 spiro atoms. The van der Waals surface area contributed by atoms with Crippen LogP contribution in [0.3, 0.4) is 0 Å². The maximum absolute atomic E-state index is 12.4. The first-order valence-corrected chi connectivity index (χ1v) is 13.1. The third kappa shape index (κ3) is 5.25. The number of aromatic nitrogens is 4. The molecule has 0 atom stereocenters. The monoisotopic (exact) mass is 500 g/mol. The van der Waals surface area contributed by atoms with Crippen molar-refractivity contribution in [1.82, 2.24) is 24.4 Å². The number of anilines is 1. The normalized spacial score (nSPS) is 15.0. The highest BCUT2D eigenvalue weighted by molar-refractivity contribution is 5.91. The lowest BCUT2D eigenvalue weighted by molar-refractivity contribution is 0.248. The summed E-state index contributed by atoms with van der Waals surface area (Å²) in [6.45, 7) is 13.2. The van der Waals surface area contributed by atoms with Gasteiger partial charge in [-0.1, -0.05) is 58.0 Å². The zero-order valence-electron chi connectivity index (χ0n) is 22.2. The maximum atomic E-state index is 12.4. The molecule has 0 unspecified atom stereocenters. The number of fused-ring (bicyclic) bond motifs is 1. The zero-order chi connectivity index (χ0) is 26.2. The van der Waals surface area contributed by atoms with E-state index >= 15 is 0 Å². The molecule has 1 saturated heterocycles. The lowest BCUT2D eigenvalue weighted by Gasteiger charge is -2.36. The Morgan fingerprint density at radius 1 is 0.946 bits per heavy atom. The molecule has 0 aliphatic carbocycles. The van der Waals surface area contributed by atoms with E-state index in [2.05, 4.69) is 83.0 Å². The van der Waals surface area contributed by atoms with Crippen LogP contribution >= 0.6 is 0 Å². The van der Waals surface area contributed by atoms with Crippen LogP contribution in [-0.4, -0.2) is 50.6 Å². The van der Waals surface area contributed by atoms with Gasteiger partial charge in [-0.25, -0.2) is 9.78 Å². The molecule has 2 N–H and O–H groups in total. The molecule has 0 radical (unpaired) electrons. The predicted octanol–water partition coefficient (Wildman–Crippen LogP) is 4.11. The number of benzene rings is 2. The highest BCUT2D eigenvalue weighted by Crippen LogP contribution is 2.30. The molecule has 4 aromatic rings. The number of piperazine rings is 1. The summed E-state index contributed by atoms with van der Waals surface area (Å²) in [6, 6.07) is 14.9. The fourth-order valence-corrected chi connectivity index (χ4v) is 5.00. The minimum atomic E-state index is -0.336. The van der Waals surface area contributed by atoms with Crippen LogP contribution in [0.1, 0.15) is 45.2 Å². The van der Waals surface area contributed by atoms with Gasteiger partial charge in [0.05, 0.1) is 11.2 Å². The molecule has 8 nitrogen and oxygen atoms in total. The average molecular weight is 501 g/mol. The fraction of sp³-hybridized carbons (Fsp3) is 0.414. The Hall–Kier alpha value is -3.65. The van der Waals surface area contributed by atoms with Crippen LogP contribution in [0.4, 0.5) is 5.69 Å². The summed E-state index contributed by atoms with van der Waals surface area (Å²) in [6.07, 6.45) is 2.56. The van der Waals surface area contributed by atoms with Crippen LogP contribution < -0.4 is 16.1 Å². The van der Waals surface area contributed by atoms with E-state index in [4.69, 9.17) is 4.98 Å². The highest BCUT2D eigenvalue weighted by Gasteiger charge is 2.21. The second-order valence-electron chi connectivity index (χ2n) is 11.0. The van der Waals surface area contributed by atoms with Gasteiger partial charge in [-0.3, -0.25) is 14.7 Å². The van der Waals surface area contributed by atoms with E-state index in [1.165, 1.54) is 5.56 Å². The second kappa shape index (κ2) is 10.0. The number of hydrogen-bond acceptors (Lipinski definition) is 5. The molecular formula is C29H36N6O2. The molecule has 2 aromatic heterocycles. The summed E-state index contributed by atoms with van der Waals surface area (Å²) in [5, 5.41) is 0. The molecule has 3 heterocycles. The topological polar surface area (TPSA) is 90.0 Å². The Morgan fingerprint density at radius 3 is 2.35 bits per heavy atom. The number of nitrogens with zero attached hydrogens (tertiary/aromatic N) is 4. The molecule has 2 aromatic carbocycles. The molecule has 5 rings (SSSR count). The zero-order valence-corrected chi connectivity index (χ0v) is 22.2. The Morgan fingerprint density at radius 2 is 1.68 bits per heavy atom.